The number of ether oxygens (including phenoxy) is 2. The zero-order valence-corrected chi connectivity index (χ0v) is 12.1. The number of rotatable bonds is 4. The van der Waals surface area contributed by atoms with Crippen molar-refractivity contribution in [3.8, 4) is 0 Å². The van der Waals surface area contributed by atoms with Gasteiger partial charge in [0.15, 0.2) is 5.41 Å². The van der Waals surface area contributed by atoms with Crippen LogP contribution in [0.2, 0.25) is 0 Å². The van der Waals surface area contributed by atoms with E-state index in [9.17, 15) is 22.8 Å². The van der Waals surface area contributed by atoms with Crippen LogP contribution in [0.5, 0.6) is 0 Å². The second-order valence-corrected chi connectivity index (χ2v) is 6.02. The van der Waals surface area contributed by atoms with Crippen LogP contribution in [0.3, 0.4) is 0 Å². The zero-order chi connectivity index (χ0) is 15.9. The number of carbonyl (C=O) groups is 2. The van der Waals surface area contributed by atoms with Gasteiger partial charge in [-0.25, -0.2) is 0 Å². The molecule has 0 aromatic carbocycles. The van der Waals surface area contributed by atoms with E-state index in [4.69, 9.17) is 9.47 Å². The minimum Gasteiger partial charge on any atom is -0.465 e. The summed E-state index contributed by atoms with van der Waals surface area (Å²) in [6, 6.07) is 0. The van der Waals surface area contributed by atoms with Crippen LogP contribution in [-0.2, 0) is 19.1 Å². The molecule has 120 valence electrons. The van der Waals surface area contributed by atoms with Crippen LogP contribution in [0, 0.1) is 16.7 Å². The quantitative estimate of drug-likeness (QED) is 0.592. The fourth-order valence-electron chi connectivity index (χ4n) is 3.64. The van der Waals surface area contributed by atoms with E-state index in [1.54, 1.807) is 13.8 Å². The highest BCUT2D eigenvalue weighted by Crippen LogP contribution is 2.69. The van der Waals surface area contributed by atoms with Crippen LogP contribution in [-0.4, -0.2) is 31.3 Å². The molecular weight excluding hydrogens is 289 g/mol. The normalized spacial score (nSPS) is 23.1. The Morgan fingerprint density at radius 3 is 1.81 bits per heavy atom. The third-order valence-corrected chi connectivity index (χ3v) is 4.51. The van der Waals surface area contributed by atoms with Gasteiger partial charge < -0.3 is 9.47 Å². The van der Waals surface area contributed by atoms with Gasteiger partial charge in [-0.1, -0.05) is 0 Å². The summed E-state index contributed by atoms with van der Waals surface area (Å²) in [4.78, 5) is 24.0. The van der Waals surface area contributed by atoms with Gasteiger partial charge in [-0.05, 0) is 44.9 Å². The zero-order valence-electron chi connectivity index (χ0n) is 12.1. The Balaban J connectivity index is 2.04. The predicted molar refractivity (Wildman–Crippen MR) is 66.1 cm³/mol. The third-order valence-electron chi connectivity index (χ3n) is 4.51. The van der Waals surface area contributed by atoms with Crippen molar-refractivity contribution in [1.82, 2.24) is 0 Å². The van der Waals surface area contributed by atoms with E-state index in [0.29, 0.717) is 0 Å². The molecule has 0 aromatic rings. The molecule has 2 saturated carbocycles. The molecule has 0 heterocycles. The van der Waals surface area contributed by atoms with Gasteiger partial charge in [0, 0.05) is 0 Å². The van der Waals surface area contributed by atoms with Crippen LogP contribution < -0.4 is 0 Å². The smallest absolute Gasteiger partial charge is 0.391 e. The third kappa shape index (κ3) is 2.62. The van der Waals surface area contributed by atoms with Gasteiger partial charge in [0.25, 0.3) is 0 Å². The Hall–Kier alpha value is -1.27. The van der Waals surface area contributed by atoms with Crippen LogP contribution in [0.15, 0.2) is 0 Å². The molecule has 0 aromatic heterocycles. The Morgan fingerprint density at radius 1 is 1.05 bits per heavy atom. The summed E-state index contributed by atoms with van der Waals surface area (Å²) >= 11 is 0. The molecule has 1 spiro atoms. The molecule has 0 bridgehead atoms. The maximum Gasteiger partial charge on any atom is 0.391 e. The topological polar surface area (TPSA) is 52.6 Å². The lowest BCUT2D eigenvalue weighted by atomic mass is 9.42. The summed E-state index contributed by atoms with van der Waals surface area (Å²) in [6.45, 7) is 3.48. The predicted octanol–water partition coefficient (Wildman–Crippen LogP) is 2.85. The summed E-state index contributed by atoms with van der Waals surface area (Å²) in [5.74, 6) is -2.67. The molecule has 21 heavy (non-hydrogen) atoms. The van der Waals surface area contributed by atoms with E-state index in [2.05, 4.69) is 0 Å². The van der Waals surface area contributed by atoms with E-state index in [-0.39, 0.29) is 38.9 Å². The standard InChI is InChI=1S/C14H19F3O4/c1-3-20-10(18)13(11(19)21-4-2)7-12(8-13)5-9(6-12)14(15,16)17/h9H,3-8H2,1-2H3. The number of halogens is 3. The Labute approximate surface area is 121 Å². The first-order valence-corrected chi connectivity index (χ1v) is 7.10. The molecule has 7 heteroatoms. The molecule has 2 rings (SSSR count). The monoisotopic (exact) mass is 308 g/mol. The van der Waals surface area contributed by atoms with Gasteiger partial charge in [-0.15, -0.1) is 0 Å². The SMILES string of the molecule is CCOC(=O)C1(C(=O)OCC)CC2(CC(C(F)(F)F)C2)C1. The molecule has 2 fully saturated rings. The molecule has 0 unspecified atom stereocenters. The maximum absolute atomic E-state index is 12.6. The highest BCUT2D eigenvalue weighted by Gasteiger charge is 2.71. The van der Waals surface area contributed by atoms with Gasteiger partial charge in [-0.2, -0.15) is 13.2 Å². The molecule has 4 nitrogen and oxygen atoms in total. The van der Waals surface area contributed by atoms with Crippen molar-refractivity contribution in [3.63, 3.8) is 0 Å². The van der Waals surface area contributed by atoms with Crippen molar-refractivity contribution >= 4 is 11.9 Å². The molecule has 0 amide bonds. The molecule has 2 aliphatic carbocycles. The van der Waals surface area contributed by atoms with Crippen LogP contribution >= 0.6 is 0 Å². The first-order chi connectivity index (χ1) is 9.69. The van der Waals surface area contributed by atoms with Gasteiger partial charge in [-0.3, -0.25) is 9.59 Å². The summed E-state index contributed by atoms with van der Waals surface area (Å²) in [7, 11) is 0. The van der Waals surface area contributed by atoms with Crippen LogP contribution in [0.25, 0.3) is 0 Å². The highest BCUT2D eigenvalue weighted by atomic mass is 19.4. The van der Waals surface area contributed by atoms with Crippen molar-refractivity contribution in [3.05, 3.63) is 0 Å². The van der Waals surface area contributed by atoms with Crippen molar-refractivity contribution in [1.29, 1.82) is 0 Å². The second kappa shape index (κ2) is 5.18. The molecular formula is C14H19F3O4. The van der Waals surface area contributed by atoms with Crippen LogP contribution in [0.1, 0.15) is 39.5 Å². The van der Waals surface area contributed by atoms with Crippen molar-refractivity contribution in [2.45, 2.75) is 45.7 Å². The maximum atomic E-state index is 12.6. The lowest BCUT2D eigenvalue weighted by Gasteiger charge is -2.60. The Bertz CT molecular complexity index is 410. The number of esters is 2. The van der Waals surface area contributed by atoms with E-state index in [1.807, 2.05) is 0 Å². The lowest BCUT2D eigenvalue weighted by molar-refractivity contribution is -0.254. The van der Waals surface area contributed by atoms with Crippen molar-refractivity contribution in [2.75, 3.05) is 13.2 Å². The van der Waals surface area contributed by atoms with Crippen molar-refractivity contribution < 1.29 is 32.2 Å². The van der Waals surface area contributed by atoms with E-state index < -0.39 is 34.9 Å². The molecule has 2 aliphatic rings. The summed E-state index contributed by atoms with van der Waals surface area (Å²) in [5, 5.41) is 0. The minimum atomic E-state index is -4.20. The highest BCUT2D eigenvalue weighted by molar-refractivity contribution is 6.01. The second-order valence-electron chi connectivity index (χ2n) is 6.02. The number of hydrogen-bond donors (Lipinski definition) is 0. The summed E-state index contributed by atoms with van der Waals surface area (Å²) in [6.07, 6.45) is -4.03. The molecule has 0 N–H and O–H groups in total. The molecule has 0 radical (unpaired) electrons. The minimum absolute atomic E-state index is 0.0168. The first-order valence-electron chi connectivity index (χ1n) is 7.10. The van der Waals surface area contributed by atoms with Crippen molar-refractivity contribution in [2.24, 2.45) is 16.7 Å². The fourth-order valence-corrected chi connectivity index (χ4v) is 3.64. The van der Waals surface area contributed by atoms with Gasteiger partial charge in [0.2, 0.25) is 0 Å². The summed E-state index contributed by atoms with van der Waals surface area (Å²) in [5.41, 5.74) is -1.96. The largest absolute Gasteiger partial charge is 0.465 e. The molecule has 0 aliphatic heterocycles. The number of carbonyl (C=O) groups excluding carboxylic acids is 2. The Kier molecular flexibility index (Phi) is 3.97. The number of alkyl halides is 3. The van der Waals surface area contributed by atoms with E-state index >= 15 is 0 Å². The van der Waals surface area contributed by atoms with Gasteiger partial charge in [0.1, 0.15) is 0 Å². The summed E-state index contributed by atoms with van der Waals surface area (Å²) < 4.78 is 47.5. The van der Waals surface area contributed by atoms with E-state index in [1.165, 1.54) is 0 Å². The molecule has 0 saturated heterocycles. The fraction of sp³-hybridized carbons (Fsp3) is 0.857. The number of hydrogen-bond acceptors (Lipinski definition) is 4. The van der Waals surface area contributed by atoms with Gasteiger partial charge in [0.05, 0.1) is 19.1 Å². The molecule has 0 atom stereocenters. The van der Waals surface area contributed by atoms with Gasteiger partial charge >= 0.3 is 18.1 Å². The average molecular weight is 308 g/mol. The lowest BCUT2D eigenvalue weighted by Crippen LogP contribution is -2.62. The van der Waals surface area contributed by atoms with Crippen LogP contribution in [0.4, 0.5) is 13.2 Å². The Morgan fingerprint density at radius 2 is 1.48 bits per heavy atom. The first kappa shape index (κ1) is 16.1. The van der Waals surface area contributed by atoms with E-state index in [0.717, 1.165) is 0 Å². The average Bonchev–Trinajstić information content (AvgIpc) is 2.24.